The number of carbonyl (C=O) groups excluding carboxylic acids is 2. The van der Waals surface area contributed by atoms with Crippen LogP contribution in [0.2, 0.25) is 0 Å². The van der Waals surface area contributed by atoms with Crippen molar-refractivity contribution < 1.29 is 9.59 Å². The summed E-state index contributed by atoms with van der Waals surface area (Å²) in [4.78, 5) is 21.8. The Morgan fingerprint density at radius 3 is 2.13 bits per heavy atom. The fraction of sp³-hybridized carbons (Fsp3) is 0.692. The molecule has 0 bridgehead atoms. The largest absolute Gasteiger partial charge is 0.295 e. The molecule has 0 amide bonds. The van der Waals surface area contributed by atoms with E-state index in [0.717, 1.165) is 12.8 Å². The molecule has 2 heteroatoms. The van der Waals surface area contributed by atoms with Crippen LogP contribution in [0.3, 0.4) is 0 Å². The second-order valence-electron chi connectivity index (χ2n) is 3.93. The van der Waals surface area contributed by atoms with Crippen molar-refractivity contribution in [3.63, 3.8) is 0 Å². The molecule has 86 valence electrons. The van der Waals surface area contributed by atoms with Crippen LogP contribution in [0, 0.1) is 0 Å². The maximum atomic E-state index is 11.2. The minimum Gasteiger partial charge on any atom is -0.295 e. The third kappa shape index (κ3) is 11.0. The normalized spacial score (nSPS) is 10.8. The van der Waals surface area contributed by atoms with Crippen molar-refractivity contribution in [1.82, 2.24) is 0 Å². The lowest BCUT2D eigenvalue weighted by Gasteiger charge is -1.98. The molecule has 0 aromatic rings. The van der Waals surface area contributed by atoms with E-state index in [-0.39, 0.29) is 11.6 Å². The second-order valence-corrected chi connectivity index (χ2v) is 3.93. The zero-order valence-corrected chi connectivity index (χ0v) is 9.92. The van der Waals surface area contributed by atoms with Gasteiger partial charge in [0.25, 0.3) is 0 Å². The van der Waals surface area contributed by atoms with Gasteiger partial charge in [-0.3, -0.25) is 9.59 Å². The van der Waals surface area contributed by atoms with Crippen LogP contribution in [0.1, 0.15) is 58.8 Å². The molecule has 0 unspecified atom stereocenters. The fourth-order valence-corrected chi connectivity index (χ4v) is 1.37. The molecule has 0 aliphatic rings. The molecular weight excluding hydrogens is 188 g/mol. The lowest BCUT2D eigenvalue weighted by atomic mass is 10.1. The van der Waals surface area contributed by atoms with Gasteiger partial charge in [0.2, 0.25) is 0 Å². The van der Waals surface area contributed by atoms with Crippen molar-refractivity contribution >= 4 is 11.6 Å². The number of ketones is 2. The molecule has 0 heterocycles. The van der Waals surface area contributed by atoms with Gasteiger partial charge in [0, 0.05) is 6.42 Å². The molecule has 0 aliphatic carbocycles. The highest BCUT2D eigenvalue weighted by Gasteiger charge is 1.97. The van der Waals surface area contributed by atoms with Crippen LogP contribution in [0.5, 0.6) is 0 Å². The first-order valence-corrected chi connectivity index (χ1v) is 5.88. The lowest BCUT2D eigenvalue weighted by Crippen LogP contribution is -1.94. The van der Waals surface area contributed by atoms with Gasteiger partial charge >= 0.3 is 0 Å². The van der Waals surface area contributed by atoms with Crippen LogP contribution < -0.4 is 0 Å². The summed E-state index contributed by atoms with van der Waals surface area (Å²) in [6, 6.07) is 0. The third-order valence-corrected chi connectivity index (χ3v) is 2.28. The average Bonchev–Trinajstić information content (AvgIpc) is 2.20. The van der Waals surface area contributed by atoms with E-state index in [1.54, 1.807) is 0 Å². The molecule has 0 fully saturated rings. The summed E-state index contributed by atoms with van der Waals surface area (Å²) in [5.41, 5.74) is 0. The highest BCUT2D eigenvalue weighted by Crippen LogP contribution is 2.07. The fourth-order valence-electron chi connectivity index (χ4n) is 1.37. The maximum Gasteiger partial charge on any atom is 0.155 e. The van der Waals surface area contributed by atoms with Gasteiger partial charge in [0.1, 0.15) is 0 Å². The van der Waals surface area contributed by atoms with Crippen LogP contribution in [0.15, 0.2) is 12.2 Å². The molecule has 0 aromatic heterocycles. The van der Waals surface area contributed by atoms with Crippen molar-refractivity contribution in [2.24, 2.45) is 0 Å². The average molecular weight is 210 g/mol. The first kappa shape index (κ1) is 14.1. The molecule has 0 saturated carbocycles. The first-order chi connectivity index (χ1) is 7.16. The molecular formula is C13H22O2. The Morgan fingerprint density at radius 2 is 1.53 bits per heavy atom. The van der Waals surface area contributed by atoms with Gasteiger partial charge in [-0.05, 0) is 25.5 Å². The number of hydrogen-bond acceptors (Lipinski definition) is 2. The van der Waals surface area contributed by atoms with Crippen LogP contribution in [-0.4, -0.2) is 11.6 Å². The molecule has 0 aliphatic heterocycles. The standard InChI is InChI=1S/C13H22O2/c1-3-4-5-6-7-8-9-13(15)11-10-12(2)14/h10-11H,3-9H2,1-2H3. The van der Waals surface area contributed by atoms with Gasteiger partial charge in [0.05, 0.1) is 0 Å². The van der Waals surface area contributed by atoms with Crippen molar-refractivity contribution in [3.05, 3.63) is 12.2 Å². The number of hydrogen-bond donors (Lipinski definition) is 0. The SMILES string of the molecule is CCCCCCCCC(=O)C=CC(C)=O. The highest BCUT2D eigenvalue weighted by molar-refractivity contribution is 5.97. The minimum absolute atomic E-state index is 0.0636. The number of rotatable bonds is 9. The van der Waals surface area contributed by atoms with E-state index in [4.69, 9.17) is 0 Å². The van der Waals surface area contributed by atoms with Gasteiger partial charge in [-0.25, -0.2) is 0 Å². The molecule has 0 radical (unpaired) electrons. The highest BCUT2D eigenvalue weighted by atomic mass is 16.1. The molecule has 0 rings (SSSR count). The zero-order chi connectivity index (χ0) is 11.5. The zero-order valence-electron chi connectivity index (χ0n) is 9.92. The van der Waals surface area contributed by atoms with E-state index in [0.29, 0.717) is 6.42 Å². The quantitative estimate of drug-likeness (QED) is 0.431. The topological polar surface area (TPSA) is 34.1 Å². The summed E-state index contributed by atoms with van der Waals surface area (Å²) >= 11 is 0. The summed E-state index contributed by atoms with van der Waals surface area (Å²) in [5, 5.41) is 0. The number of unbranched alkanes of at least 4 members (excludes halogenated alkanes) is 5. The monoisotopic (exact) mass is 210 g/mol. The van der Waals surface area contributed by atoms with Gasteiger partial charge in [-0.1, -0.05) is 39.0 Å². The Morgan fingerprint density at radius 1 is 0.933 bits per heavy atom. The van der Waals surface area contributed by atoms with Crippen molar-refractivity contribution in [3.8, 4) is 0 Å². The van der Waals surface area contributed by atoms with Crippen molar-refractivity contribution in [1.29, 1.82) is 0 Å². The van der Waals surface area contributed by atoms with Gasteiger partial charge in [-0.2, -0.15) is 0 Å². The summed E-state index contributed by atoms with van der Waals surface area (Å²) in [7, 11) is 0. The van der Waals surface area contributed by atoms with Gasteiger partial charge in [0.15, 0.2) is 11.6 Å². The Balaban J connectivity index is 3.35. The summed E-state index contributed by atoms with van der Waals surface area (Å²) in [5.74, 6) is 0.00647. The van der Waals surface area contributed by atoms with E-state index in [9.17, 15) is 9.59 Å². The number of allylic oxidation sites excluding steroid dienone is 2. The van der Waals surface area contributed by atoms with Crippen LogP contribution in [-0.2, 0) is 9.59 Å². The molecule has 0 saturated heterocycles. The molecule has 0 atom stereocenters. The summed E-state index contributed by atoms with van der Waals surface area (Å²) < 4.78 is 0. The van der Waals surface area contributed by atoms with E-state index in [1.807, 2.05) is 0 Å². The first-order valence-electron chi connectivity index (χ1n) is 5.88. The predicted octanol–water partition coefficient (Wildman–Crippen LogP) is 3.45. The Hall–Kier alpha value is -0.920. The van der Waals surface area contributed by atoms with Crippen LogP contribution in [0.4, 0.5) is 0 Å². The predicted molar refractivity (Wildman–Crippen MR) is 62.8 cm³/mol. The third-order valence-electron chi connectivity index (χ3n) is 2.28. The van der Waals surface area contributed by atoms with E-state index < -0.39 is 0 Å². The van der Waals surface area contributed by atoms with Crippen LogP contribution >= 0.6 is 0 Å². The summed E-state index contributed by atoms with van der Waals surface area (Å²) in [6.07, 6.45) is 10.4. The van der Waals surface area contributed by atoms with Crippen LogP contribution in [0.25, 0.3) is 0 Å². The summed E-state index contributed by atoms with van der Waals surface area (Å²) in [6.45, 7) is 3.64. The Kier molecular flexibility index (Phi) is 9.04. The Bertz CT molecular complexity index is 217. The van der Waals surface area contributed by atoms with E-state index >= 15 is 0 Å². The molecule has 0 aromatic carbocycles. The Labute approximate surface area is 92.8 Å². The maximum absolute atomic E-state index is 11.2. The van der Waals surface area contributed by atoms with E-state index in [2.05, 4.69) is 6.92 Å². The van der Waals surface area contributed by atoms with Crippen molar-refractivity contribution in [2.45, 2.75) is 58.8 Å². The lowest BCUT2D eigenvalue weighted by molar-refractivity contribution is -0.116. The minimum atomic E-state index is -0.0636. The smallest absolute Gasteiger partial charge is 0.155 e. The molecule has 2 nitrogen and oxygen atoms in total. The van der Waals surface area contributed by atoms with Gasteiger partial charge < -0.3 is 0 Å². The molecule has 0 spiro atoms. The second kappa shape index (κ2) is 9.63. The van der Waals surface area contributed by atoms with Crippen molar-refractivity contribution in [2.75, 3.05) is 0 Å². The van der Waals surface area contributed by atoms with E-state index in [1.165, 1.54) is 44.8 Å². The molecule has 15 heavy (non-hydrogen) atoms. The van der Waals surface area contributed by atoms with Gasteiger partial charge in [-0.15, -0.1) is 0 Å². The molecule has 0 N–H and O–H groups in total. The number of carbonyl (C=O) groups is 2.